The molecule has 0 saturated carbocycles. The van der Waals surface area contributed by atoms with Gasteiger partial charge in [-0.25, -0.2) is 9.37 Å². The number of ketones is 1. The van der Waals surface area contributed by atoms with Crippen LogP contribution in [-0.4, -0.2) is 33.1 Å². The Kier molecular flexibility index (Phi) is 5.66. The summed E-state index contributed by atoms with van der Waals surface area (Å²) in [5.74, 6) is -2.83. The van der Waals surface area contributed by atoms with E-state index in [-0.39, 0.29) is 36.2 Å². The van der Waals surface area contributed by atoms with Crippen molar-refractivity contribution >= 4 is 45.7 Å². The topological polar surface area (TPSA) is 127 Å². The summed E-state index contributed by atoms with van der Waals surface area (Å²) in [5, 5.41) is 6.59. The molecule has 164 valence electrons. The fourth-order valence-corrected chi connectivity index (χ4v) is 4.45. The third-order valence-electron chi connectivity index (χ3n) is 5.15. The van der Waals surface area contributed by atoms with Gasteiger partial charge >= 0.3 is 0 Å². The number of Topliss-reactive ketones (excluding diaryl/α,β-unsaturated/α-hetero) is 1. The van der Waals surface area contributed by atoms with Crippen molar-refractivity contribution in [2.75, 3.05) is 0 Å². The van der Waals surface area contributed by atoms with Crippen LogP contribution in [0.5, 0.6) is 0 Å². The summed E-state index contributed by atoms with van der Waals surface area (Å²) < 4.78 is 14.3. The number of piperidine rings is 1. The molecule has 2 N–H and O–H groups in total. The maximum atomic E-state index is 13.0. The monoisotopic (exact) mass is 456 g/mol. The first kappa shape index (κ1) is 21.5. The smallest absolute Gasteiger partial charge is 0.292 e. The number of fused-ring (bicyclic) bond motifs is 1. The molecule has 0 spiro atoms. The Morgan fingerprint density at radius 1 is 1.25 bits per heavy atom. The number of benzene rings is 1. The van der Waals surface area contributed by atoms with Crippen LogP contribution >= 0.6 is 11.3 Å². The zero-order chi connectivity index (χ0) is 23.0. The van der Waals surface area contributed by atoms with Gasteiger partial charge in [0.15, 0.2) is 0 Å². The van der Waals surface area contributed by atoms with Crippen molar-refractivity contribution in [1.82, 2.24) is 20.2 Å². The number of imide groups is 1. The van der Waals surface area contributed by atoms with Gasteiger partial charge in [-0.1, -0.05) is 0 Å². The molecule has 2 aromatic heterocycles. The minimum Gasteiger partial charge on any atom is -0.344 e. The number of carbonyl (C=O) groups is 4. The molecule has 3 aromatic rings. The highest BCUT2D eigenvalue weighted by Gasteiger charge is 2.31. The number of aromatic nitrogens is 2. The van der Waals surface area contributed by atoms with Gasteiger partial charge in [-0.05, 0) is 37.6 Å². The number of rotatable bonds is 5. The van der Waals surface area contributed by atoms with Gasteiger partial charge in [0.2, 0.25) is 17.6 Å². The Morgan fingerprint density at radius 2 is 1.97 bits per heavy atom. The molecule has 1 aromatic carbocycles. The SMILES string of the molecule is Cc1nc2c(CNC(=O)C(=O)c3ccc(F)cc3)scc2c(=O)n1C1CCC(=O)NC1=O. The summed E-state index contributed by atoms with van der Waals surface area (Å²) in [5.41, 5.74) is 0.00910. The van der Waals surface area contributed by atoms with Crippen LogP contribution in [0.25, 0.3) is 10.9 Å². The predicted molar refractivity (Wildman–Crippen MR) is 113 cm³/mol. The van der Waals surface area contributed by atoms with Crippen molar-refractivity contribution in [3.05, 3.63) is 62.1 Å². The Morgan fingerprint density at radius 3 is 2.66 bits per heavy atom. The molecule has 1 atom stereocenters. The third-order valence-corrected chi connectivity index (χ3v) is 6.13. The van der Waals surface area contributed by atoms with E-state index in [0.717, 1.165) is 12.1 Å². The van der Waals surface area contributed by atoms with Gasteiger partial charge in [0.1, 0.15) is 17.7 Å². The first-order valence-electron chi connectivity index (χ1n) is 9.67. The van der Waals surface area contributed by atoms with Gasteiger partial charge in [-0.15, -0.1) is 11.3 Å². The fraction of sp³-hybridized carbons (Fsp3) is 0.238. The Labute approximate surface area is 184 Å². The minimum absolute atomic E-state index is 0.0335. The first-order valence-corrected chi connectivity index (χ1v) is 10.5. The number of amides is 3. The number of nitrogens with one attached hydrogen (secondary N) is 2. The highest BCUT2D eigenvalue weighted by Crippen LogP contribution is 2.25. The molecule has 1 aliphatic rings. The van der Waals surface area contributed by atoms with Crippen molar-refractivity contribution in [3.8, 4) is 0 Å². The van der Waals surface area contributed by atoms with Crippen molar-refractivity contribution in [2.24, 2.45) is 0 Å². The highest BCUT2D eigenvalue weighted by atomic mass is 32.1. The second-order valence-corrected chi connectivity index (χ2v) is 8.21. The largest absolute Gasteiger partial charge is 0.344 e. The van der Waals surface area contributed by atoms with E-state index < -0.39 is 35.0 Å². The number of thiophene rings is 1. The summed E-state index contributed by atoms with van der Waals surface area (Å²) in [6.07, 6.45) is 0.334. The minimum atomic E-state index is -0.869. The van der Waals surface area contributed by atoms with E-state index in [1.165, 1.54) is 28.0 Å². The summed E-state index contributed by atoms with van der Waals surface area (Å²) in [7, 11) is 0. The van der Waals surface area contributed by atoms with Crippen molar-refractivity contribution in [2.45, 2.75) is 32.4 Å². The molecule has 32 heavy (non-hydrogen) atoms. The van der Waals surface area contributed by atoms with Crippen molar-refractivity contribution < 1.29 is 23.6 Å². The Hall–Kier alpha value is -3.73. The lowest BCUT2D eigenvalue weighted by molar-refractivity contribution is -0.135. The number of halogens is 1. The van der Waals surface area contributed by atoms with E-state index in [9.17, 15) is 28.4 Å². The number of aryl methyl sites for hydroxylation is 1. The van der Waals surface area contributed by atoms with Crippen LogP contribution in [-0.2, 0) is 20.9 Å². The van der Waals surface area contributed by atoms with E-state index in [1.807, 2.05) is 0 Å². The Bertz CT molecular complexity index is 1330. The molecule has 0 bridgehead atoms. The van der Waals surface area contributed by atoms with Crippen molar-refractivity contribution in [1.29, 1.82) is 0 Å². The van der Waals surface area contributed by atoms with Crippen LogP contribution in [0.2, 0.25) is 0 Å². The van der Waals surface area contributed by atoms with Gasteiger partial charge in [0.05, 0.1) is 22.3 Å². The van der Waals surface area contributed by atoms with Crippen LogP contribution in [0.15, 0.2) is 34.4 Å². The summed E-state index contributed by atoms with van der Waals surface area (Å²) in [6, 6.07) is 3.80. The average molecular weight is 456 g/mol. The van der Waals surface area contributed by atoms with E-state index >= 15 is 0 Å². The molecular formula is C21H17FN4O5S. The molecule has 3 amide bonds. The molecule has 3 heterocycles. The number of nitrogens with zero attached hydrogens (tertiary/aromatic N) is 2. The summed E-state index contributed by atoms with van der Waals surface area (Å²) in [4.78, 5) is 66.1. The Balaban J connectivity index is 1.56. The van der Waals surface area contributed by atoms with Crippen LogP contribution in [0.4, 0.5) is 4.39 Å². The third kappa shape index (κ3) is 3.94. The number of hydrogen-bond acceptors (Lipinski definition) is 7. The second-order valence-electron chi connectivity index (χ2n) is 7.24. The zero-order valence-corrected chi connectivity index (χ0v) is 17.6. The van der Waals surface area contributed by atoms with Crippen LogP contribution in [0.1, 0.15) is 39.9 Å². The second kappa shape index (κ2) is 8.42. The lowest BCUT2D eigenvalue weighted by atomic mass is 10.1. The fourth-order valence-electron chi connectivity index (χ4n) is 3.55. The molecule has 1 unspecified atom stereocenters. The number of hydrogen-bond donors (Lipinski definition) is 2. The lowest BCUT2D eigenvalue weighted by Crippen LogP contribution is -2.45. The van der Waals surface area contributed by atoms with E-state index in [4.69, 9.17) is 0 Å². The van der Waals surface area contributed by atoms with E-state index in [2.05, 4.69) is 15.6 Å². The number of carbonyl (C=O) groups excluding carboxylic acids is 4. The molecule has 11 heteroatoms. The molecular weight excluding hydrogens is 439 g/mol. The molecule has 1 saturated heterocycles. The normalized spacial score (nSPS) is 16.1. The molecule has 1 fully saturated rings. The van der Waals surface area contributed by atoms with Gasteiger partial charge in [-0.3, -0.25) is 33.9 Å². The van der Waals surface area contributed by atoms with Crippen molar-refractivity contribution in [3.63, 3.8) is 0 Å². The van der Waals surface area contributed by atoms with Gasteiger partial charge in [0.25, 0.3) is 11.5 Å². The molecule has 1 aliphatic heterocycles. The average Bonchev–Trinajstić information content (AvgIpc) is 3.16. The predicted octanol–water partition coefficient (Wildman–Crippen LogP) is 1.38. The van der Waals surface area contributed by atoms with Crippen LogP contribution in [0.3, 0.4) is 0 Å². The van der Waals surface area contributed by atoms with Crippen LogP contribution in [0, 0.1) is 12.7 Å². The van der Waals surface area contributed by atoms with Crippen LogP contribution < -0.4 is 16.2 Å². The van der Waals surface area contributed by atoms with Gasteiger partial charge in [-0.2, -0.15) is 0 Å². The standard InChI is InChI=1S/C21H17FN4O5S/c1-10-24-17-13(21(31)26(10)14-6-7-16(27)25-19(14)29)9-32-15(17)8-23-20(30)18(28)11-2-4-12(22)5-3-11/h2-5,9,14H,6-8H2,1H3,(H,23,30)(H,25,27,29). The molecule has 0 aliphatic carbocycles. The highest BCUT2D eigenvalue weighted by molar-refractivity contribution is 7.11. The summed E-state index contributed by atoms with van der Waals surface area (Å²) >= 11 is 1.19. The maximum absolute atomic E-state index is 13.0. The molecule has 4 rings (SSSR count). The quantitative estimate of drug-likeness (QED) is 0.339. The zero-order valence-electron chi connectivity index (χ0n) is 16.8. The molecule has 0 radical (unpaired) electrons. The van der Waals surface area contributed by atoms with E-state index in [1.54, 1.807) is 12.3 Å². The lowest BCUT2D eigenvalue weighted by Gasteiger charge is -2.24. The van der Waals surface area contributed by atoms with Gasteiger partial charge < -0.3 is 5.32 Å². The summed E-state index contributed by atoms with van der Waals surface area (Å²) in [6.45, 7) is 1.55. The van der Waals surface area contributed by atoms with E-state index in [0.29, 0.717) is 16.2 Å². The molecule has 9 nitrogen and oxygen atoms in total. The first-order chi connectivity index (χ1) is 15.3. The maximum Gasteiger partial charge on any atom is 0.292 e. The van der Waals surface area contributed by atoms with Gasteiger partial charge in [0, 0.05) is 17.4 Å².